The summed E-state index contributed by atoms with van der Waals surface area (Å²) >= 11 is 3.71. The number of rotatable bonds is 15. The van der Waals surface area contributed by atoms with Gasteiger partial charge < -0.3 is 29.7 Å². The number of allylic oxidation sites excluding steroid dienone is 1. The zero-order valence-electron chi connectivity index (χ0n) is 26.4. The molecule has 4 aliphatic rings. The number of halogens is 1. The summed E-state index contributed by atoms with van der Waals surface area (Å²) in [7, 11) is 0. The fourth-order valence-electron chi connectivity index (χ4n) is 7.84. The number of amides is 3. The first-order valence-electron chi connectivity index (χ1n) is 16.2. The van der Waals surface area contributed by atoms with Crippen molar-refractivity contribution >= 4 is 39.6 Å². The van der Waals surface area contributed by atoms with Crippen molar-refractivity contribution < 1.29 is 33.8 Å². The predicted octanol–water partition coefficient (Wildman–Crippen LogP) is 3.50. The zero-order valence-corrected chi connectivity index (χ0v) is 28.0. The van der Waals surface area contributed by atoms with Crippen molar-refractivity contribution in [2.45, 2.75) is 119 Å². The Balaban J connectivity index is 1.66. The van der Waals surface area contributed by atoms with Crippen LogP contribution in [0.2, 0.25) is 0 Å². The normalized spacial score (nSPS) is 31.0. The van der Waals surface area contributed by atoms with Crippen LogP contribution in [-0.4, -0.2) is 99.1 Å². The second kappa shape index (κ2) is 14.9. The van der Waals surface area contributed by atoms with Crippen molar-refractivity contribution in [2.75, 3.05) is 19.7 Å². The molecule has 1 saturated carbocycles. The van der Waals surface area contributed by atoms with Crippen LogP contribution in [0.4, 0.5) is 0 Å². The van der Waals surface area contributed by atoms with Gasteiger partial charge in [-0.1, -0.05) is 61.2 Å². The Morgan fingerprint density at radius 1 is 1.20 bits per heavy atom. The molecule has 0 aromatic heterocycles. The molecular weight excluding hydrogens is 630 g/mol. The highest BCUT2D eigenvalue weighted by Gasteiger charge is 2.77. The summed E-state index contributed by atoms with van der Waals surface area (Å²) in [6, 6.07) is -1.56. The van der Waals surface area contributed by atoms with Crippen LogP contribution in [0.5, 0.6) is 0 Å². The molecule has 3 amide bonds. The number of aliphatic hydroxyl groups excluding tert-OH is 1. The van der Waals surface area contributed by atoms with Crippen LogP contribution in [-0.2, 0) is 28.7 Å². The second-order valence-corrected chi connectivity index (χ2v) is 14.5. The minimum Gasteiger partial charge on any atom is -0.460 e. The van der Waals surface area contributed by atoms with Crippen LogP contribution in [0, 0.1) is 17.8 Å². The fraction of sp³-hybridized carbons (Fsp3) is 0.758. The van der Waals surface area contributed by atoms with Gasteiger partial charge in [0.05, 0.1) is 37.1 Å². The highest BCUT2D eigenvalue weighted by Crippen LogP contribution is 2.61. The third-order valence-electron chi connectivity index (χ3n) is 9.68. The minimum absolute atomic E-state index is 0.0287. The molecule has 0 aromatic rings. The van der Waals surface area contributed by atoms with Gasteiger partial charge in [0.15, 0.2) is 0 Å². The molecule has 44 heavy (non-hydrogen) atoms. The summed E-state index contributed by atoms with van der Waals surface area (Å²) in [5.74, 6) is -3.00. The molecule has 1 aliphatic carbocycles. The average Bonchev–Trinajstić information content (AvgIpc) is 3.59. The Morgan fingerprint density at radius 3 is 2.52 bits per heavy atom. The van der Waals surface area contributed by atoms with Gasteiger partial charge in [-0.15, -0.1) is 13.2 Å². The Labute approximate surface area is 270 Å². The Bertz CT molecular complexity index is 1100. The van der Waals surface area contributed by atoms with Crippen molar-refractivity contribution in [2.24, 2.45) is 17.8 Å². The molecule has 2 bridgehead atoms. The van der Waals surface area contributed by atoms with Crippen molar-refractivity contribution in [3.63, 3.8) is 0 Å². The topological polar surface area (TPSA) is 125 Å². The lowest BCUT2D eigenvalue weighted by Crippen LogP contribution is -2.60. The van der Waals surface area contributed by atoms with Gasteiger partial charge in [0.25, 0.3) is 0 Å². The van der Waals surface area contributed by atoms with Crippen molar-refractivity contribution in [1.29, 1.82) is 0 Å². The molecule has 3 aliphatic heterocycles. The Kier molecular flexibility index (Phi) is 11.7. The molecule has 1 spiro atoms. The first kappa shape index (κ1) is 34.6. The maximum atomic E-state index is 14.8. The van der Waals surface area contributed by atoms with Crippen LogP contribution in [0.1, 0.15) is 78.6 Å². The zero-order chi connectivity index (χ0) is 32.2. The van der Waals surface area contributed by atoms with Gasteiger partial charge in [0.2, 0.25) is 17.7 Å². The summed E-state index contributed by atoms with van der Waals surface area (Å²) < 4.78 is 12.5. The third kappa shape index (κ3) is 6.79. The van der Waals surface area contributed by atoms with Crippen molar-refractivity contribution in [3.05, 3.63) is 25.3 Å². The molecule has 11 heteroatoms. The number of aliphatic hydroxyl groups is 1. The molecule has 0 aromatic carbocycles. The largest absolute Gasteiger partial charge is 0.460 e. The molecule has 4 rings (SSSR count). The second-order valence-electron chi connectivity index (χ2n) is 13.3. The summed E-state index contributed by atoms with van der Waals surface area (Å²) in [6.45, 7) is 13.4. The van der Waals surface area contributed by atoms with Gasteiger partial charge >= 0.3 is 5.97 Å². The van der Waals surface area contributed by atoms with Crippen LogP contribution in [0.3, 0.4) is 0 Å². The number of fused-ring (bicyclic) bond motifs is 1. The first-order valence-corrected chi connectivity index (χ1v) is 17.2. The fourth-order valence-corrected chi connectivity index (χ4v) is 8.78. The predicted molar refractivity (Wildman–Crippen MR) is 170 cm³/mol. The number of esters is 1. The number of hydrogen-bond donors (Lipinski definition) is 2. The number of hydrogen-bond acceptors (Lipinski definition) is 7. The van der Waals surface area contributed by atoms with Gasteiger partial charge in [-0.25, -0.2) is 0 Å². The molecule has 8 atom stereocenters. The summed E-state index contributed by atoms with van der Waals surface area (Å²) in [4.78, 5) is 58.3. The van der Waals surface area contributed by atoms with Crippen LogP contribution in [0.15, 0.2) is 25.3 Å². The Hall–Kier alpha value is -2.24. The monoisotopic (exact) mass is 679 g/mol. The van der Waals surface area contributed by atoms with Crippen molar-refractivity contribution in [3.8, 4) is 0 Å². The number of ether oxygens (including phenoxy) is 2. The SMILES string of the molecule is C=CCCC(=O)NC[C@H](C)OC(=O)[C@@H]1[C@H]2O[C@@]3(CC2Br)[C@H](C(=O)N(CC=C)C2CCCCC2)N([C@@H](CO)CC(C)C)C(=O)[C@@H]13. The molecule has 1 unspecified atom stereocenters. The van der Waals surface area contributed by atoms with Crippen molar-refractivity contribution in [1.82, 2.24) is 15.1 Å². The maximum Gasteiger partial charge on any atom is 0.312 e. The summed E-state index contributed by atoms with van der Waals surface area (Å²) in [6.07, 6.45) is 8.78. The number of carbonyl (C=O) groups is 4. The van der Waals surface area contributed by atoms with E-state index in [4.69, 9.17) is 9.47 Å². The number of carbonyl (C=O) groups excluding carboxylic acids is 4. The van der Waals surface area contributed by atoms with E-state index >= 15 is 0 Å². The molecule has 2 N–H and O–H groups in total. The third-order valence-corrected chi connectivity index (χ3v) is 10.5. The summed E-state index contributed by atoms with van der Waals surface area (Å²) in [5, 5.41) is 13.3. The van der Waals surface area contributed by atoms with Gasteiger partial charge in [0.1, 0.15) is 17.7 Å². The van der Waals surface area contributed by atoms with Gasteiger partial charge in [-0.3, -0.25) is 19.2 Å². The molecule has 3 heterocycles. The minimum atomic E-state index is -1.24. The highest BCUT2D eigenvalue weighted by molar-refractivity contribution is 9.09. The lowest BCUT2D eigenvalue weighted by atomic mass is 9.70. The van der Waals surface area contributed by atoms with E-state index in [2.05, 4.69) is 34.4 Å². The molecule has 246 valence electrons. The molecule has 0 radical (unpaired) electrons. The van der Waals surface area contributed by atoms with E-state index in [0.29, 0.717) is 32.2 Å². The number of alkyl halides is 1. The van der Waals surface area contributed by atoms with E-state index in [1.165, 1.54) is 0 Å². The maximum absolute atomic E-state index is 14.8. The van der Waals surface area contributed by atoms with Crippen LogP contribution < -0.4 is 5.32 Å². The quantitative estimate of drug-likeness (QED) is 0.154. The molecule has 10 nitrogen and oxygen atoms in total. The van der Waals surface area contributed by atoms with E-state index in [0.717, 1.165) is 32.1 Å². The van der Waals surface area contributed by atoms with Crippen LogP contribution in [0.25, 0.3) is 0 Å². The molecule has 4 fully saturated rings. The molecule has 3 saturated heterocycles. The summed E-state index contributed by atoms with van der Waals surface area (Å²) in [5.41, 5.74) is -1.24. The number of likely N-dealkylation sites (tertiary alicyclic amines) is 1. The van der Waals surface area contributed by atoms with Crippen LogP contribution >= 0.6 is 15.9 Å². The van der Waals surface area contributed by atoms with E-state index < -0.39 is 47.7 Å². The van der Waals surface area contributed by atoms with E-state index in [1.807, 2.05) is 18.7 Å². The number of nitrogens with zero attached hydrogens (tertiary/aromatic N) is 2. The molecular formula is C33H50BrN3O7. The average molecular weight is 681 g/mol. The van der Waals surface area contributed by atoms with Gasteiger partial charge in [0, 0.05) is 23.8 Å². The van der Waals surface area contributed by atoms with E-state index in [9.17, 15) is 24.3 Å². The lowest BCUT2D eigenvalue weighted by Gasteiger charge is -2.42. The van der Waals surface area contributed by atoms with Gasteiger partial charge in [-0.2, -0.15) is 0 Å². The lowest BCUT2D eigenvalue weighted by molar-refractivity contribution is -0.160. The highest BCUT2D eigenvalue weighted by atomic mass is 79.9. The van der Waals surface area contributed by atoms with E-state index in [-0.39, 0.29) is 47.7 Å². The standard InChI is InChI=1S/C33H50BrN3O7/c1-6-8-14-25(39)35-18-21(5)43-32(42)26-27-30(40)37(23(19-38)16-20(3)4)29(33(27)17-24(34)28(26)44-33)31(41)36(15-7-2)22-12-10-9-11-13-22/h6-7,20-24,26-29,38H,1-2,8-19H2,3-5H3,(H,35,39)/t21-,23+,24?,26-,27+,28-,29-,33+/m0/s1. The first-order chi connectivity index (χ1) is 21.0. The Morgan fingerprint density at radius 2 is 1.91 bits per heavy atom. The van der Waals surface area contributed by atoms with E-state index in [1.54, 1.807) is 24.0 Å². The number of nitrogens with one attached hydrogen (secondary N) is 1. The smallest absolute Gasteiger partial charge is 0.312 e. The van der Waals surface area contributed by atoms with Gasteiger partial charge in [-0.05, 0) is 44.9 Å².